The van der Waals surface area contributed by atoms with Gasteiger partial charge >= 0.3 is 0 Å². The third kappa shape index (κ3) is 2.24. The van der Waals surface area contributed by atoms with Crippen molar-refractivity contribution >= 4 is 5.91 Å². The molecular formula is C13H24N2O. The molecule has 1 saturated heterocycles. The highest BCUT2D eigenvalue weighted by atomic mass is 16.2. The van der Waals surface area contributed by atoms with E-state index in [0.717, 1.165) is 32.5 Å². The fourth-order valence-electron chi connectivity index (χ4n) is 2.98. The topological polar surface area (TPSA) is 32.3 Å². The maximum Gasteiger partial charge on any atom is 0.243 e. The average Bonchev–Trinajstić information content (AvgIpc) is 2.87. The van der Waals surface area contributed by atoms with Crippen molar-refractivity contribution in [2.24, 2.45) is 0 Å². The Kier molecular flexibility index (Phi) is 3.85. The second-order valence-corrected chi connectivity index (χ2v) is 5.25. The number of hydrogen-bond acceptors (Lipinski definition) is 2. The van der Waals surface area contributed by atoms with E-state index >= 15 is 0 Å². The first-order valence-electron chi connectivity index (χ1n) is 6.83. The Morgan fingerprint density at radius 1 is 1.25 bits per heavy atom. The molecule has 0 aromatic carbocycles. The van der Waals surface area contributed by atoms with Crippen LogP contribution in [-0.4, -0.2) is 29.6 Å². The van der Waals surface area contributed by atoms with E-state index in [2.05, 4.69) is 12.2 Å². The lowest BCUT2D eigenvalue weighted by Gasteiger charge is -2.21. The van der Waals surface area contributed by atoms with Gasteiger partial charge in [-0.25, -0.2) is 0 Å². The fourth-order valence-corrected chi connectivity index (χ4v) is 2.98. The number of unbranched alkanes of at least 4 members (excludes halogenated alkanes) is 3. The molecule has 92 valence electrons. The highest BCUT2D eigenvalue weighted by Gasteiger charge is 2.47. The summed E-state index contributed by atoms with van der Waals surface area (Å²) in [6, 6.07) is 0. The molecule has 1 spiro atoms. The maximum absolute atomic E-state index is 12.3. The Labute approximate surface area is 98.6 Å². The van der Waals surface area contributed by atoms with Crippen LogP contribution < -0.4 is 5.32 Å². The number of amides is 1. The summed E-state index contributed by atoms with van der Waals surface area (Å²) in [5, 5.41) is 3.45. The van der Waals surface area contributed by atoms with Gasteiger partial charge in [-0.15, -0.1) is 0 Å². The smallest absolute Gasteiger partial charge is 0.243 e. The molecule has 3 nitrogen and oxygen atoms in total. The molecule has 1 N–H and O–H groups in total. The van der Waals surface area contributed by atoms with Crippen LogP contribution in [0.25, 0.3) is 0 Å². The molecule has 2 aliphatic rings. The van der Waals surface area contributed by atoms with Crippen LogP contribution in [-0.2, 0) is 4.79 Å². The number of nitrogens with zero attached hydrogens (tertiary/aromatic N) is 1. The van der Waals surface area contributed by atoms with E-state index in [9.17, 15) is 4.79 Å². The zero-order valence-corrected chi connectivity index (χ0v) is 10.4. The van der Waals surface area contributed by atoms with Gasteiger partial charge < -0.3 is 4.90 Å². The van der Waals surface area contributed by atoms with Crippen LogP contribution in [0.5, 0.6) is 0 Å². The van der Waals surface area contributed by atoms with Crippen molar-refractivity contribution in [3.63, 3.8) is 0 Å². The quantitative estimate of drug-likeness (QED) is 0.727. The molecule has 0 bridgehead atoms. The van der Waals surface area contributed by atoms with E-state index in [-0.39, 0.29) is 5.54 Å². The molecule has 0 radical (unpaired) electrons. The van der Waals surface area contributed by atoms with Crippen molar-refractivity contribution in [3.8, 4) is 0 Å². The summed E-state index contributed by atoms with van der Waals surface area (Å²) >= 11 is 0. The Morgan fingerprint density at radius 3 is 2.69 bits per heavy atom. The van der Waals surface area contributed by atoms with Gasteiger partial charge in [-0.2, -0.15) is 0 Å². The molecule has 1 aliphatic carbocycles. The van der Waals surface area contributed by atoms with E-state index < -0.39 is 0 Å². The first kappa shape index (κ1) is 11.9. The molecule has 0 unspecified atom stereocenters. The van der Waals surface area contributed by atoms with E-state index in [1.54, 1.807) is 0 Å². The molecule has 0 aromatic heterocycles. The van der Waals surface area contributed by atoms with Gasteiger partial charge in [0, 0.05) is 6.54 Å². The summed E-state index contributed by atoms with van der Waals surface area (Å²) in [6.07, 6.45) is 9.50. The second kappa shape index (κ2) is 5.17. The zero-order valence-electron chi connectivity index (χ0n) is 10.4. The van der Waals surface area contributed by atoms with Gasteiger partial charge in [0.05, 0.1) is 12.2 Å². The van der Waals surface area contributed by atoms with Crippen LogP contribution >= 0.6 is 0 Å². The van der Waals surface area contributed by atoms with Crippen molar-refractivity contribution in [1.82, 2.24) is 10.2 Å². The minimum absolute atomic E-state index is 0.148. The summed E-state index contributed by atoms with van der Waals surface area (Å²) in [6.45, 7) is 3.95. The van der Waals surface area contributed by atoms with Crippen molar-refractivity contribution in [2.45, 2.75) is 63.8 Å². The minimum atomic E-state index is -0.148. The SMILES string of the molecule is CCCCCCN1CNC2(CCCC2)C1=O. The van der Waals surface area contributed by atoms with Crippen LogP contribution in [0, 0.1) is 0 Å². The van der Waals surface area contributed by atoms with Gasteiger partial charge in [-0.1, -0.05) is 39.0 Å². The predicted molar refractivity (Wildman–Crippen MR) is 65.1 cm³/mol. The molecule has 2 rings (SSSR count). The predicted octanol–water partition coefficient (Wildman–Crippen LogP) is 2.27. The summed E-state index contributed by atoms with van der Waals surface area (Å²) in [5.74, 6) is 0.376. The molecule has 1 saturated carbocycles. The minimum Gasteiger partial charge on any atom is -0.328 e. The maximum atomic E-state index is 12.3. The standard InChI is InChI=1S/C13H24N2O/c1-2-3-4-7-10-15-11-14-13(12(15)16)8-5-6-9-13/h14H,2-11H2,1H3. The molecule has 2 fully saturated rings. The van der Waals surface area contributed by atoms with Gasteiger partial charge in [0.2, 0.25) is 5.91 Å². The van der Waals surface area contributed by atoms with E-state index in [1.165, 1.54) is 32.1 Å². The highest BCUT2D eigenvalue weighted by Crippen LogP contribution is 2.34. The Hall–Kier alpha value is -0.570. The van der Waals surface area contributed by atoms with Gasteiger partial charge in [-0.3, -0.25) is 10.1 Å². The third-order valence-electron chi connectivity index (χ3n) is 4.04. The zero-order chi connectivity index (χ0) is 11.4. The molecule has 3 heteroatoms. The molecule has 1 aliphatic heterocycles. The summed E-state index contributed by atoms with van der Waals surface area (Å²) in [4.78, 5) is 14.3. The van der Waals surface area contributed by atoms with Gasteiger partial charge in [0.25, 0.3) is 0 Å². The number of carbonyl (C=O) groups excluding carboxylic acids is 1. The summed E-state index contributed by atoms with van der Waals surface area (Å²) < 4.78 is 0. The number of carbonyl (C=O) groups is 1. The lowest BCUT2D eigenvalue weighted by molar-refractivity contribution is -0.132. The second-order valence-electron chi connectivity index (χ2n) is 5.25. The fraction of sp³-hybridized carbons (Fsp3) is 0.923. The molecular weight excluding hydrogens is 200 g/mol. The largest absolute Gasteiger partial charge is 0.328 e. The molecule has 0 aromatic rings. The lowest BCUT2D eigenvalue weighted by Crippen LogP contribution is -2.43. The third-order valence-corrected chi connectivity index (χ3v) is 4.04. The van der Waals surface area contributed by atoms with E-state index in [1.807, 2.05) is 4.90 Å². The average molecular weight is 224 g/mol. The number of rotatable bonds is 5. The van der Waals surface area contributed by atoms with Crippen LogP contribution in [0.3, 0.4) is 0 Å². The number of hydrogen-bond donors (Lipinski definition) is 1. The highest BCUT2D eigenvalue weighted by molar-refractivity contribution is 5.88. The van der Waals surface area contributed by atoms with Gasteiger partial charge in [0.15, 0.2) is 0 Å². The number of nitrogens with one attached hydrogen (secondary N) is 1. The van der Waals surface area contributed by atoms with Crippen LogP contribution in [0.15, 0.2) is 0 Å². The summed E-state index contributed by atoms with van der Waals surface area (Å²) in [5.41, 5.74) is -0.148. The molecule has 0 atom stereocenters. The van der Waals surface area contributed by atoms with Crippen molar-refractivity contribution < 1.29 is 4.79 Å². The molecule has 1 amide bonds. The molecule has 16 heavy (non-hydrogen) atoms. The van der Waals surface area contributed by atoms with Gasteiger partial charge in [-0.05, 0) is 19.3 Å². The first-order valence-corrected chi connectivity index (χ1v) is 6.83. The first-order chi connectivity index (χ1) is 7.78. The molecule has 1 heterocycles. The van der Waals surface area contributed by atoms with Crippen molar-refractivity contribution in [1.29, 1.82) is 0 Å². The summed E-state index contributed by atoms with van der Waals surface area (Å²) in [7, 11) is 0. The van der Waals surface area contributed by atoms with Gasteiger partial charge in [0.1, 0.15) is 0 Å². The van der Waals surface area contributed by atoms with Crippen molar-refractivity contribution in [2.75, 3.05) is 13.2 Å². The van der Waals surface area contributed by atoms with E-state index in [0.29, 0.717) is 5.91 Å². The van der Waals surface area contributed by atoms with Crippen LogP contribution in [0.1, 0.15) is 58.3 Å². The van der Waals surface area contributed by atoms with Crippen LogP contribution in [0.4, 0.5) is 0 Å². The van der Waals surface area contributed by atoms with Crippen molar-refractivity contribution in [3.05, 3.63) is 0 Å². The normalized spacial score (nSPS) is 23.6. The Balaban J connectivity index is 1.78. The Morgan fingerprint density at radius 2 is 2.00 bits per heavy atom. The van der Waals surface area contributed by atoms with E-state index in [4.69, 9.17) is 0 Å². The Bertz CT molecular complexity index is 246. The monoisotopic (exact) mass is 224 g/mol. The lowest BCUT2D eigenvalue weighted by atomic mass is 9.98. The van der Waals surface area contributed by atoms with Crippen LogP contribution in [0.2, 0.25) is 0 Å².